The van der Waals surface area contributed by atoms with Gasteiger partial charge in [-0.15, -0.1) is 0 Å². The van der Waals surface area contributed by atoms with Gasteiger partial charge in [0, 0.05) is 90.5 Å². The molecule has 4 aromatic heterocycles. The average Bonchev–Trinajstić information content (AvgIpc) is 2.96. The zero-order valence-corrected chi connectivity index (χ0v) is 36.1. The Balaban J connectivity index is 0. The van der Waals surface area contributed by atoms with Crippen LogP contribution in [0.4, 0.5) is 50.4 Å². The number of aliphatic carboxylic acids is 1. The molecule has 0 saturated carbocycles. The van der Waals surface area contributed by atoms with Gasteiger partial charge in [0.25, 0.3) is 5.97 Å². The number of carbonyl (C=O) groups is 1. The third-order valence-corrected chi connectivity index (χ3v) is 5.38. The van der Waals surface area contributed by atoms with Crippen molar-refractivity contribution >= 4 is 21.6 Å². The van der Waals surface area contributed by atoms with Crippen LogP contribution in [0.25, 0.3) is 0 Å². The molecule has 0 atom stereocenters. The van der Waals surface area contributed by atoms with Gasteiger partial charge in [0.15, 0.2) is 0 Å². The molecule has 0 aromatic carbocycles. The predicted molar refractivity (Wildman–Crippen MR) is 172 cm³/mol. The summed E-state index contributed by atoms with van der Waals surface area (Å²) < 4.78 is 118. The van der Waals surface area contributed by atoms with E-state index in [1.165, 1.54) is 0 Å². The van der Waals surface area contributed by atoms with E-state index in [-0.39, 0.29) is 39.0 Å². The van der Waals surface area contributed by atoms with Crippen LogP contribution in [0, 0.1) is 0 Å². The summed E-state index contributed by atoms with van der Waals surface area (Å²) in [5.41, 5.74) is 3.85. The maximum absolute atomic E-state index is 11.1. The average molecular weight is 935 g/mol. The van der Waals surface area contributed by atoms with Gasteiger partial charge in [-0.25, -0.2) is 0 Å². The van der Waals surface area contributed by atoms with E-state index in [4.69, 9.17) is 9.90 Å². The molecule has 25 heteroatoms. The normalized spacial score (nSPS) is 13.6. The summed E-state index contributed by atoms with van der Waals surface area (Å²) in [6, 6.07) is 23.6. The first-order chi connectivity index (χ1) is 23.4. The molecule has 54 heavy (non-hydrogen) atoms. The fourth-order valence-electron chi connectivity index (χ4n) is 3.91. The van der Waals surface area contributed by atoms with Gasteiger partial charge in [-0.05, 0) is 48.5 Å². The molecule has 0 spiro atoms. The Morgan fingerprint density at radius 1 is 0.556 bits per heavy atom. The third-order valence-electron chi connectivity index (χ3n) is 5.38. The number of nitrogens with zero attached hydrogens (tertiary/aromatic N) is 6. The number of hydrogen-bond acceptors (Lipinski definition) is 8. The van der Waals surface area contributed by atoms with E-state index < -0.39 is 27.7 Å². The van der Waals surface area contributed by atoms with E-state index in [0.29, 0.717) is 39.3 Å². The molecule has 0 radical (unpaired) electrons. The summed E-state index contributed by atoms with van der Waals surface area (Å²) in [5.74, 6) is -0.833. The first-order valence-corrected chi connectivity index (χ1v) is 18.5. The Morgan fingerprint density at radius 2 is 0.741 bits per heavy atom. The van der Waals surface area contributed by atoms with E-state index in [1.54, 1.807) is 24.8 Å². The number of aliphatic hydroxyl groups is 1. The van der Waals surface area contributed by atoms with Gasteiger partial charge in [-0.1, -0.05) is 24.3 Å². The number of carboxylic acid groups (broad SMARTS) is 1. The first kappa shape index (κ1) is 53.3. The summed E-state index contributed by atoms with van der Waals surface area (Å²) in [5, 5.41) is 18.6. The monoisotopic (exact) mass is 932 g/mol. The van der Waals surface area contributed by atoms with Gasteiger partial charge >= 0.3 is 85.5 Å². The van der Waals surface area contributed by atoms with Crippen LogP contribution >= 0.6 is 15.6 Å². The van der Waals surface area contributed by atoms with Crippen LogP contribution in [0.2, 0.25) is 0 Å². The van der Waals surface area contributed by atoms with Crippen LogP contribution in [-0.4, -0.2) is 65.1 Å². The largest absolute Gasteiger partial charge is 2.00 e. The molecule has 4 heterocycles. The molecule has 0 fully saturated rings. The summed E-state index contributed by atoms with van der Waals surface area (Å²) in [6.07, 6.45) is 6.62. The predicted octanol–water partition coefficient (Wildman–Crippen LogP) is 10.2. The smallest absolute Gasteiger partial charge is 0.390 e. The minimum atomic E-state index is -10.7. The van der Waals surface area contributed by atoms with E-state index >= 15 is 0 Å². The molecule has 296 valence electrons. The molecule has 0 aliphatic carbocycles. The fourth-order valence-corrected chi connectivity index (χ4v) is 3.91. The van der Waals surface area contributed by atoms with Gasteiger partial charge in [0.05, 0.1) is 28.9 Å². The van der Waals surface area contributed by atoms with E-state index in [2.05, 4.69) is 29.7 Å². The Morgan fingerprint density at radius 3 is 0.889 bits per heavy atom. The van der Waals surface area contributed by atoms with Crippen LogP contribution < -0.4 is 0 Å². The van der Waals surface area contributed by atoms with Crippen LogP contribution in [0.5, 0.6) is 0 Å². The molecule has 0 saturated heterocycles. The standard InChI is InChI=1S/C27H30N6O.C2H4O2.2F6P.2Zn/c34-27(21-32(17-23-9-1-5-13-28-23)18-24-10-2-6-14-29-24)22-33(19-25-11-3-7-15-30-25)20-26-12-4-8-16-31-26;1-2(3)4;2*1-7(2,3,4,5)6;;/h1-16,27,34H,17-22H2;1H3,(H,3,4);;;;/q;;2*-1;;+2. The van der Waals surface area contributed by atoms with Gasteiger partial charge < -0.3 is 10.2 Å². The fraction of sp³-hybridized carbons (Fsp3) is 0.276. The molecule has 0 unspecified atom stereocenters. The molecule has 4 rings (SSSR count). The molecule has 0 amide bonds. The summed E-state index contributed by atoms with van der Waals surface area (Å²) >= 11 is 0. The van der Waals surface area contributed by atoms with Crippen molar-refractivity contribution in [2.75, 3.05) is 13.1 Å². The van der Waals surface area contributed by atoms with Crippen molar-refractivity contribution in [2.45, 2.75) is 39.2 Å². The topological polar surface area (TPSA) is 116 Å². The molecule has 4 aromatic rings. The van der Waals surface area contributed by atoms with Crippen molar-refractivity contribution in [1.29, 1.82) is 0 Å². The summed E-state index contributed by atoms with van der Waals surface area (Å²) in [7, 11) is -21.3. The Kier molecular flexibility index (Phi) is 20.1. The first-order valence-electron chi connectivity index (χ1n) is 14.4. The quantitative estimate of drug-likeness (QED) is 0.0814. The van der Waals surface area contributed by atoms with Gasteiger partial charge in [0.1, 0.15) is 0 Å². The molecule has 0 aliphatic rings. The van der Waals surface area contributed by atoms with Gasteiger partial charge in [-0.3, -0.25) is 34.5 Å². The number of pyridine rings is 4. The molecular weight excluding hydrogens is 901 g/mol. The number of halogens is 12. The molecule has 9 nitrogen and oxygen atoms in total. The number of aromatic nitrogens is 4. The molecular formula is C29H34F12N6O3P2Zn2. The number of hydrogen-bond donors (Lipinski definition) is 2. The SMILES string of the molecule is CC(=O)O.F[P-](F)(F)(F)(F)F.F[P-](F)(F)(F)(F)F.OC(CN(Cc1ccccn1)Cc1ccccn1)CN(Cc1ccccn1)Cc1ccccn1.[Zn+2].[Zn]. The van der Waals surface area contributed by atoms with E-state index in [0.717, 1.165) is 29.7 Å². The van der Waals surface area contributed by atoms with Crippen molar-refractivity contribution in [3.05, 3.63) is 120 Å². The van der Waals surface area contributed by atoms with E-state index in [1.807, 2.05) is 72.8 Å². The van der Waals surface area contributed by atoms with Crippen LogP contribution in [0.15, 0.2) is 97.6 Å². The Labute approximate surface area is 327 Å². The van der Waals surface area contributed by atoms with Crippen molar-refractivity contribution in [3.63, 3.8) is 0 Å². The maximum atomic E-state index is 11.1. The van der Waals surface area contributed by atoms with Crippen LogP contribution in [-0.2, 0) is 69.9 Å². The Bertz CT molecular complexity index is 1420. The Hall–Kier alpha value is -2.78. The zero-order valence-electron chi connectivity index (χ0n) is 28.4. The van der Waals surface area contributed by atoms with Crippen LogP contribution in [0.1, 0.15) is 29.7 Å². The van der Waals surface area contributed by atoms with E-state index in [9.17, 15) is 55.5 Å². The molecule has 0 aliphatic heterocycles. The van der Waals surface area contributed by atoms with Crippen molar-refractivity contribution < 1.29 is 104 Å². The van der Waals surface area contributed by atoms with Crippen LogP contribution in [0.3, 0.4) is 0 Å². The number of aliphatic hydroxyl groups excluding tert-OH is 1. The van der Waals surface area contributed by atoms with Gasteiger partial charge in [0.2, 0.25) is 0 Å². The minimum Gasteiger partial charge on any atom is -0.390 e. The summed E-state index contributed by atoms with van der Waals surface area (Å²) in [4.78, 5) is 31.3. The van der Waals surface area contributed by atoms with Crippen molar-refractivity contribution in [1.82, 2.24) is 29.7 Å². The van der Waals surface area contributed by atoms with Crippen molar-refractivity contribution in [3.8, 4) is 0 Å². The molecule has 0 bridgehead atoms. The van der Waals surface area contributed by atoms with Crippen molar-refractivity contribution in [2.24, 2.45) is 0 Å². The second-order valence-corrected chi connectivity index (χ2v) is 14.5. The second kappa shape index (κ2) is 20.4. The number of rotatable bonds is 12. The zero-order chi connectivity index (χ0) is 39.8. The minimum absolute atomic E-state index is 0. The molecule has 2 N–H and O–H groups in total. The maximum Gasteiger partial charge on any atom is 2.00 e. The summed E-state index contributed by atoms with van der Waals surface area (Å²) in [6.45, 7) is 4.61. The second-order valence-electron chi connectivity index (χ2n) is 10.7. The third kappa shape index (κ3) is 40.4. The van der Waals surface area contributed by atoms with Gasteiger partial charge in [-0.2, -0.15) is 0 Å². The number of carboxylic acids is 1.